The molecule has 2 N–H and O–H groups in total. The van der Waals surface area contributed by atoms with Crippen LogP contribution in [0.15, 0.2) is 36.8 Å². The minimum Gasteiger partial charge on any atom is -0.384 e. The molecule has 2 aromatic heterocycles. The SMILES string of the molecule is Nc1ccc(N2CCN(c3ccncc3Cl)CC2)cn1. The number of rotatable bonds is 2. The fourth-order valence-corrected chi connectivity index (χ4v) is 2.65. The fourth-order valence-electron chi connectivity index (χ4n) is 2.41. The molecule has 0 bridgehead atoms. The number of hydrogen-bond acceptors (Lipinski definition) is 5. The summed E-state index contributed by atoms with van der Waals surface area (Å²) in [5, 5.41) is 0.704. The Morgan fingerprint density at radius 1 is 1.00 bits per heavy atom. The van der Waals surface area contributed by atoms with E-state index in [0.717, 1.165) is 37.6 Å². The van der Waals surface area contributed by atoms with E-state index < -0.39 is 0 Å². The van der Waals surface area contributed by atoms with Gasteiger partial charge in [-0.05, 0) is 18.2 Å². The molecule has 0 aliphatic carbocycles. The topological polar surface area (TPSA) is 58.3 Å². The van der Waals surface area contributed by atoms with Gasteiger partial charge in [-0.3, -0.25) is 4.98 Å². The highest BCUT2D eigenvalue weighted by Crippen LogP contribution is 2.26. The lowest BCUT2D eigenvalue weighted by atomic mass is 10.2. The molecule has 0 atom stereocenters. The molecule has 1 saturated heterocycles. The maximum Gasteiger partial charge on any atom is 0.123 e. The summed E-state index contributed by atoms with van der Waals surface area (Å²) in [6.45, 7) is 3.72. The third-order valence-corrected chi connectivity index (χ3v) is 3.80. The molecular formula is C14H16ClN5. The zero-order chi connectivity index (χ0) is 13.9. The molecule has 0 radical (unpaired) electrons. The lowest BCUT2D eigenvalue weighted by molar-refractivity contribution is 0.652. The molecular weight excluding hydrogens is 274 g/mol. The standard InChI is InChI=1S/C14H16ClN5/c15-12-10-17-4-3-13(12)20-7-5-19(6-8-20)11-1-2-14(16)18-9-11/h1-4,9-10H,5-8H2,(H2,16,18). The van der Waals surface area contributed by atoms with Gasteiger partial charge in [0.1, 0.15) is 5.82 Å². The van der Waals surface area contributed by atoms with E-state index in [0.29, 0.717) is 10.8 Å². The molecule has 0 unspecified atom stereocenters. The quantitative estimate of drug-likeness (QED) is 0.917. The highest BCUT2D eigenvalue weighted by Gasteiger charge is 2.19. The maximum atomic E-state index is 6.19. The predicted octanol–water partition coefficient (Wildman–Crippen LogP) is 2.04. The van der Waals surface area contributed by atoms with Crippen LogP contribution in [0, 0.1) is 0 Å². The second-order valence-electron chi connectivity index (χ2n) is 4.74. The predicted molar refractivity (Wildman–Crippen MR) is 82.3 cm³/mol. The van der Waals surface area contributed by atoms with Gasteiger partial charge >= 0.3 is 0 Å². The minimum atomic E-state index is 0.552. The van der Waals surface area contributed by atoms with Crippen LogP contribution in [-0.2, 0) is 0 Å². The van der Waals surface area contributed by atoms with Gasteiger partial charge in [-0.2, -0.15) is 0 Å². The van der Waals surface area contributed by atoms with Gasteiger partial charge in [0.15, 0.2) is 0 Å². The number of nitrogen functional groups attached to an aromatic ring is 1. The fraction of sp³-hybridized carbons (Fsp3) is 0.286. The summed E-state index contributed by atoms with van der Waals surface area (Å²) >= 11 is 6.19. The summed E-state index contributed by atoms with van der Waals surface area (Å²) in [7, 11) is 0. The third-order valence-electron chi connectivity index (χ3n) is 3.51. The van der Waals surface area contributed by atoms with Crippen molar-refractivity contribution in [2.45, 2.75) is 0 Å². The second kappa shape index (κ2) is 5.54. The Bertz CT molecular complexity index is 578. The Hall–Kier alpha value is -2.01. The molecule has 5 nitrogen and oxygen atoms in total. The van der Waals surface area contributed by atoms with Crippen LogP contribution in [-0.4, -0.2) is 36.1 Å². The average molecular weight is 290 g/mol. The molecule has 0 saturated carbocycles. The monoisotopic (exact) mass is 289 g/mol. The summed E-state index contributed by atoms with van der Waals surface area (Å²) in [5.41, 5.74) is 7.78. The van der Waals surface area contributed by atoms with Gasteiger partial charge < -0.3 is 15.5 Å². The van der Waals surface area contributed by atoms with Crippen molar-refractivity contribution in [3.05, 3.63) is 41.8 Å². The normalized spacial score (nSPS) is 15.4. The molecule has 0 amide bonds. The van der Waals surface area contributed by atoms with Crippen LogP contribution in [0.3, 0.4) is 0 Å². The smallest absolute Gasteiger partial charge is 0.123 e. The van der Waals surface area contributed by atoms with Gasteiger partial charge in [0.05, 0.1) is 22.6 Å². The minimum absolute atomic E-state index is 0.552. The highest BCUT2D eigenvalue weighted by atomic mass is 35.5. The van der Waals surface area contributed by atoms with Crippen molar-refractivity contribution in [2.24, 2.45) is 0 Å². The van der Waals surface area contributed by atoms with Crippen LogP contribution in [0.4, 0.5) is 17.2 Å². The summed E-state index contributed by atoms with van der Waals surface area (Å²) < 4.78 is 0. The molecule has 3 rings (SSSR count). The van der Waals surface area contributed by atoms with Crippen molar-refractivity contribution in [2.75, 3.05) is 41.7 Å². The van der Waals surface area contributed by atoms with E-state index in [1.807, 2.05) is 24.4 Å². The lowest BCUT2D eigenvalue weighted by Crippen LogP contribution is -2.46. The van der Waals surface area contributed by atoms with Crippen molar-refractivity contribution in [1.82, 2.24) is 9.97 Å². The third kappa shape index (κ3) is 2.63. The first-order valence-electron chi connectivity index (χ1n) is 6.55. The van der Waals surface area contributed by atoms with Crippen LogP contribution in [0.2, 0.25) is 5.02 Å². The average Bonchev–Trinajstić information content (AvgIpc) is 2.49. The Morgan fingerprint density at radius 2 is 1.75 bits per heavy atom. The maximum absolute atomic E-state index is 6.19. The van der Waals surface area contributed by atoms with Crippen LogP contribution in [0.25, 0.3) is 0 Å². The molecule has 1 fully saturated rings. The molecule has 104 valence electrons. The lowest BCUT2D eigenvalue weighted by Gasteiger charge is -2.37. The van der Waals surface area contributed by atoms with Crippen LogP contribution in [0.5, 0.6) is 0 Å². The number of hydrogen-bond donors (Lipinski definition) is 1. The molecule has 0 spiro atoms. The molecule has 3 heterocycles. The van der Waals surface area contributed by atoms with E-state index >= 15 is 0 Å². The first-order chi connectivity index (χ1) is 9.74. The Kier molecular flexibility index (Phi) is 3.60. The summed E-state index contributed by atoms with van der Waals surface area (Å²) in [6, 6.07) is 5.81. The van der Waals surface area contributed by atoms with Gasteiger partial charge in [0.2, 0.25) is 0 Å². The Morgan fingerprint density at radius 3 is 2.40 bits per heavy atom. The van der Waals surface area contributed by atoms with Crippen molar-refractivity contribution >= 4 is 28.8 Å². The van der Waals surface area contributed by atoms with Crippen molar-refractivity contribution in [3.8, 4) is 0 Å². The number of nitrogens with two attached hydrogens (primary N) is 1. The molecule has 20 heavy (non-hydrogen) atoms. The van der Waals surface area contributed by atoms with E-state index in [2.05, 4.69) is 19.8 Å². The van der Waals surface area contributed by atoms with Gasteiger partial charge in [-0.25, -0.2) is 4.98 Å². The summed E-state index contributed by atoms with van der Waals surface area (Å²) in [6.07, 6.45) is 5.29. The van der Waals surface area contributed by atoms with Gasteiger partial charge in [-0.1, -0.05) is 11.6 Å². The van der Waals surface area contributed by atoms with Crippen molar-refractivity contribution in [1.29, 1.82) is 0 Å². The Labute approximate surface area is 123 Å². The zero-order valence-corrected chi connectivity index (χ0v) is 11.8. The largest absolute Gasteiger partial charge is 0.384 e. The Balaban J connectivity index is 1.68. The zero-order valence-electron chi connectivity index (χ0n) is 11.0. The number of halogens is 1. The summed E-state index contributed by atoms with van der Waals surface area (Å²) in [4.78, 5) is 12.7. The molecule has 1 aliphatic heterocycles. The van der Waals surface area contributed by atoms with Crippen molar-refractivity contribution < 1.29 is 0 Å². The van der Waals surface area contributed by atoms with E-state index in [-0.39, 0.29) is 0 Å². The van der Waals surface area contributed by atoms with Gasteiger partial charge in [-0.15, -0.1) is 0 Å². The van der Waals surface area contributed by atoms with Gasteiger partial charge in [0, 0.05) is 38.6 Å². The molecule has 0 aromatic carbocycles. The van der Waals surface area contributed by atoms with Gasteiger partial charge in [0.25, 0.3) is 0 Å². The summed E-state index contributed by atoms with van der Waals surface area (Å²) in [5.74, 6) is 0.552. The second-order valence-corrected chi connectivity index (χ2v) is 5.15. The number of anilines is 3. The first-order valence-corrected chi connectivity index (χ1v) is 6.93. The van der Waals surface area contributed by atoms with E-state index in [1.54, 1.807) is 12.4 Å². The van der Waals surface area contributed by atoms with Crippen LogP contribution in [0.1, 0.15) is 0 Å². The van der Waals surface area contributed by atoms with E-state index in [1.165, 1.54) is 0 Å². The number of nitrogens with zero attached hydrogens (tertiary/aromatic N) is 4. The van der Waals surface area contributed by atoms with E-state index in [9.17, 15) is 0 Å². The van der Waals surface area contributed by atoms with Crippen LogP contribution < -0.4 is 15.5 Å². The number of aromatic nitrogens is 2. The van der Waals surface area contributed by atoms with Crippen molar-refractivity contribution in [3.63, 3.8) is 0 Å². The molecule has 1 aliphatic rings. The number of pyridine rings is 2. The van der Waals surface area contributed by atoms with E-state index in [4.69, 9.17) is 17.3 Å². The molecule has 2 aromatic rings. The first kappa shape index (κ1) is 13.0. The number of piperazine rings is 1. The highest BCUT2D eigenvalue weighted by molar-refractivity contribution is 6.33. The van der Waals surface area contributed by atoms with Crippen LogP contribution >= 0.6 is 11.6 Å². The molecule has 6 heteroatoms.